The number of nitrogens with one attached hydrogen (secondary N) is 1. The van der Waals surface area contributed by atoms with Gasteiger partial charge >= 0.3 is 0 Å². The molecular weight excluding hydrogens is 293 g/mol. The summed E-state index contributed by atoms with van der Waals surface area (Å²) in [4.78, 5) is 11.8. The molecule has 3 nitrogen and oxygen atoms in total. The first-order chi connectivity index (χ1) is 10.1. The lowest BCUT2D eigenvalue weighted by Gasteiger charge is -2.04. The molecule has 0 spiro atoms. The van der Waals surface area contributed by atoms with Gasteiger partial charge in [0.05, 0.1) is 17.8 Å². The number of methoxy groups -OCH3 is 1. The zero-order valence-electron chi connectivity index (χ0n) is 11.3. The molecule has 1 N–H and O–H groups in total. The Kier molecular flexibility index (Phi) is 4.95. The van der Waals surface area contributed by atoms with Gasteiger partial charge in [-0.05, 0) is 35.9 Å². The van der Waals surface area contributed by atoms with Gasteiger partial charge in [-0.25, -0.2) is 4.39 Å². The molecule has 0 aliphatic rings. The van der Waals surface area contributed by atoms with Crippen molar-refractivity contribution >= 4 is 29.3 Å². The second-order valence-corrected chi connectivity index (χ2v) is 4.60. The largest absolute Gasteiger partial charge is 0.494 e. The zero-order valence-corrected chi connectivity index (χ0v) is 12.0. The molecular formula is C16H13ClFNO2. The number of benzene rings is 2. The normalized spacial score (nSPS) is 10.6. The maximum absolute atomic E-state index is 13.5. The van der Waals surface area contributed by atoms with Crippen LogP contribution in [-0.2, 0) is 4.79 Å². The molecule has 108 valence electrons. The average Bonchev–Trinajstić information content (AvgIpc) is 2.48. The van der Waals surface area contributed by atoms with Crippen LogP contribution in [0.5, 0.6) is 5.75 Å². The number of anilines is 1. The van der Waals surface area contributed by atoms with E-state index in [4.69, 9.17) is 16.3 Å². The Hall–Kier alpha value is -2.33. The highest BCUT2D eigenvalue weighted by molar-refractivity contribution is 6.33. The molecule has 2 aromatic carbocycles. The summed E-state index contributed by atoms with van der Waals surface area (Å²) in [7, 11) is 1.39. The predicted molar refractivity (Wildman–Crippen MR) is 82.1 cm³/mol. The Morgan fingerprint density at radius 3 is 2.71 bits per heavy atom. The first kappa shape index (κ1) is 15.1. The van der Waals surface area contributed by atoms with E-state index in [0.29, 0.717) is 16.3 Å². The van der Waals surface area contributed by atoms with E-state index in [1.165, 1.54) is 31.4 Å². The number of halogens is 2. The second kappa shape index (κ2) is 6.90. The van der Waals surface area contributed by atoms with Crippen LogP contribution in [0.1, 0.15) is 5.56 Å². The molecule has 0 aliphatic heterocycles. The van der Waals surface area contributed by atoms with E-state index in [1.54, 1.807) is 30.3 Å². The van der Waals surface area contributed by atoms with E-state index >= 15 is 0 Å². The van der Waals surface area contributed by atoms with Gasteiger partial charge in [0.15, 0.2) is 11.6 Å². The third-order valence-corrected chi connectivity index (χ3v) is 3.06. The topological polar surface area (TPSA) is 38.3 Å². The first-order valence-electron chi connectivity index (χ1n) is 6.17. The summed E-state index contributed by atoms with van der Waals surface area (Å²) in [5, 5.41) is 3.09. The summed E-state index contributed by atoms with van der Waals surface area (Å²) in [5.41, 5.74) is 1.08. The summed E-state index contributed by atoms with van der Waals surface area (Å²) >= 11 is 5.94. The van der Waals surface area contributed by atoms with Crippen molar-refractivity contribution < 1.29 is 13.9 Å². The van der Waals surface area contributed by atoms with Crippen LogP contribution in [0.4, 0.5) is 10.1 Å². The molecule has 0 heterocycles. The quantitative estimate of drug-likeness (QED) is 0.862. The van der Waals surface area contributed by atoms with Crippen LogP contribution < -0.4 is 10.1 Å². The van der Waals surface area contributed by atoms with Gasteiger partial charge in [0, 0.05) is 6.08 Å². The second-order valence-electron chi connectivity index (χ2n) is 4.20. The SMILES string of the molecule is COc1ccc(/C=C/C(=O)Nc2ccccc2Cl)cc1F. The van der Waals surface area contributed by atoms with Crippen molar-refractivity contribution in [3.63, 3.8) is 0 Å². The zero-order chi connectivity index (χ0) is 15.2. The Balaban J connectivity index is 2.05. The molecule has 2 rings (SSSR count). The van der Waals surface area contributed by atoms with Crippen LogP contribution in [-0.4, -0.2) is 13.0 Å². The highest BCUT2D eigenvalue weighted by Gasteiger charge is 2.03. The highest BCUT2D eigenvalue weighted by atomic mass is 35.5. The van der Waals surface area contributed by atoms with Gasteiger partial charge in [0.25, 0.3) is 0 Å². The van der Waals surface area contributed by atoms with Crippen LogP contribution in [0.15, 0.2) is 48.5 Å². The van der Waals surface area contributed by atoms with Crippen molar-refractivity contribution in [3.05, 3.63) is 64.9 Å². The Bertz CT molecular complexity index is 686. The average molecular weight is 306 g/mol. The number of rotatable bonds is 4. The maximum Gasteiger partial charge on any atom is 0.248 e. The Labute approximate surface area is 127 Å². The van der Waals surface area contributed by atoms with Crippen LogP contribution in [0.2, 0.25) is 5.02 Å². The molecule has 0 saturated carbocycles. The molecule has 1 amide bonds. The van der Waals surface area contributed by atoms with Gasteiger partial charge in [-0.2, -0.15) is 0 Å². The van der Waals surface area contributed by atoms with Gasteiger partial charge in [0.2, 0.25) is 5.91 Å². The smallest absolute Gasteiger partial charge is 0.248 e. The summed E-state index contributed by atoms with van der Waals surface area (Å²) in [5.74, 6) is -0.668. The molecule has 0 radical (unpaired) electrons. The fourth-order valence-electron chi connectivity index (χ4n) is 1.70. The van der Waals surface area contributed by atoms with Crippen molar-refractivity contribution in [2.45, 2.75) is 0 Å². The molecule has 0 saturated heterocycles. The van der Waals surface area contributed by atoms with Crippen molar-refractivity contribution in [3.8, 4) is 5.75 Å². The number of ether oxygens (including phenoxy) is 1. The third-order valence-electron chi connectivity index (χ3n) is 2.73. The van der Waals surface area contributed by atoms with Crippen molar-refractivity contribution in [1.82, 2.24) is 0 Å². The molecule has 0 fully saturated rings. The molecule has 21 heavy (non-hydrogen) atoms. The molecule has 0 unspecified atom stereocenters. The van der Waals surface area contributed by atoms with Crippen LogP contribution >= 0.6 is 11.6 Å². The molecule has 0 bridgehead atoms. The van der Waals surface area contributed by atoms with E-state index < -0.39 is 5.82 Å². The lowest BCUT2D eigenvalue weighted by atomic mass is 10.2. The molecule has 0 aliphatic carbocycles. The van der Waals surface area contributed by atoms with Crippen molar-refractivity contribution in [2.24, 2.45) is 0 Å². The van der Waals surface area contributed by atoms with Gasteiger partial charge in [0.1, 0.15) is 0 Å². The van der Waals surface area contributed by atoms with E-state index in [9.17, 15) is 9.18 Å². The van der Waals surface area contributed by atoms with Crippen LogP contribution in [0.3, 0.4) is 0 Å². The minimum absolute atomic E-state index is 0.160. The molecule has 5 heteroatoms. The van der Waals surface area contributed by atoms with Gasteiger partial charge in [-0.15, -0.1) is 0 Å². The molecule has 2 aromatic rings. The van der Waals surface area contributed by atoms with Gasteiger partial charge in [-0.1, -0.05) is 29.8 Å². The number of carbonyl (C=O) groups excluding carboxylic acids is 1. The van der Waals surface area contributed by atoms with Gasteiger partial charge < -0.3 is 10.1 Å². The predicted octanol–water partition coefficient (Wildman–Crippen LogP) is 4.14. The summed E-state index contributed by atoms with van der Waals surface area (Å²) in [6.45, 7) is 0. The van der Waals surface area contributed by atoms with E-state index in [2.05, 4.69) is 5.32 Å². The monoisotopic (exact) mass is 305 g/mol. The number of carbonyl (C=O) groups is 1. The third kappa shape index (κ3) is 4.07. The van der Waals surface area contributed by atoms with E-state index in [0.717, 1.165) is 0 Å². The number of para-hydroxylation sites is 1. The summed E-state index contributed by atoms with van der Waals surface area (Å²) in [6, 6.07) is 11.4. The highest BCUT2D eigenvalue weighted by Crippen LogP contribution is 2.21. The van der Waals surface area contributed by atoms with Crippen LogP contribution in [0, 0.1) is 5.82 Å². The Morgan fingerprint density at radius 1 is 1.29 bits per heavy atom. The van der Waals surface area contributed by atoms with Crippen LogP contribution in [0.25, 0.3) is 6.08 Å². The fourth-order valence-corrected chi connectivity index (χ4v) is 1.88. The van der Waals surface area contributed by atoms with E-state index in [-0.39, 0.29) is 11.7 Å². The minimum atomic E-state index is -0.480. The molecule has 0 aromatic heterocycles. The van der Waals surface area contributed by atoms with E-state index in [1.807, 2.05) is 0 Å². The first-order valence-corrected chi connectivity index (χ1v) is 6.55. The van der Waals surface area contributed by atoms with Crippen molar-refractivity contribution in [1.29, 1.82) is 0 Å². The van der Waals surface area contributed by atoms with Gasteiger partial charge in [-0.3, -0.25) is 4.79 Å². The standard InChI is InChI=1S/C16H13ClFNO2/c1-21-15-8-6-11(10-13(15)18)7-9-16(20)19-14-5-3-2-4-12(14)17/h2-10H,1H3,(H,19,20)/b9-7+. The maximum atomic E-state index is 13.5. The number of hydrogen-bond acceptors (Lipinski definition) is 2. The Morgan fingerprint density at radius 2 is 2.05 bits per heavy atom. The number of amides is 1. The summed E-state index contributed by atoms with van der Waals surface area (Å²) in [6.07, 6.45) is 2.82. The van der Waals surface area contributed by atoms with Crippen molar-refractivity contribution in [2.75, 3.05) is 12.4 Å². The lowest BCUT2D eigenvalue weighted by Crippen LogP contribution is -2.07. The number of hydrogen-bond donors (Lipinski definition) is 1. The minimum Gasteiger partial charge on any atom is -0.494 e. The summed E-state index contributed by atoms with van der Waals surface area (Å²) < 4.78 is 18.3. The lowest BCUT2D eigenvalue weighted by molar-refractivity contribution is -0.111. The molecule has 0 atom stereocenters. The fraction of sp³-hybridized carbons (Fsp3) is 0.0625.